The van der Waals surface area contributed by atoms with Crippen molar-refractivity contribution in [3.63, 3.8) is 0 Å². The number of halogens is 2. The average molecular weight is 419 g/mol. The molecule has 0 atom stereocenters. The molecule has 0 saturated heterocycles. The number of rotatable bonds is 4. The normalized spacial score (nSPS) is 10.3. The van der Waals surface area contributed by atoms with E-state index in [0.29, 0.717) is 13.1 Å². The molecular formula is C13H12BrIN2O. The number of hydrogen-bond acceptors (Lipinski definition) is 2. The number of pyridine rings is 1. The molecule has 2 rings (SSSR count). The number of aromatic nitrogens is 1. The number of benzene rings is 1. The lowest BCUT2D eigenvalue weighted by Gasteiger charge is -2.10. The van der Waals surface area contributed by atoms with E-state index in [1.807, 2.05) is 18.2 Å². The van der Waals surface area contributed by atoms with Gasteiger partial charge in [-0.2, -0.15) is 0 Å². The predicted octanol–water partition coefficient (Wildman–Crippen LogP) is 3.33. The summed E-state index contributed by atoms with van der Waals surface area (Å²) in [7, 11) is 0. The zero-order valence-corrected chi connectivity index (χ0v) is 13.3. The average Bonchev–Trinajstić information content (AvgIpc) is 2.36. The van der Waals surface area contributed by atoms with Gasteiger partial charge in [-0.25, -0.2) is 0 Å². The number of nitrogens with zero attached hydrogens (tertiary/aromatic N) is 1. The van der Waals surface area contributed by atoms with Crippen LogP contribution in [0.5, 0.6) is 0 Å². The lowest BCUT2D eigenvalue weighted by molar-refractivity contribution is 0.697. The summed E-state index contributed by atoms with van der Waals surface area (Å²) in [5.41, 5.74) is 1.08. The van der Waals surface area contributed by atoms with Crippen LogP contribution in [-0.4, -0.2) is 11.1 Å². The summed E-state index contributed by atoms with van der Waals surface area (Å²) in [6, 6.07) is 11.3. The van der Waals surface area contributed by atoms with E-state index >= 15 is 0 Å². The SMILES string of the molecule is O=c1ccccn1CCNc1cc(I)ccc1Br. The van der Waals surface area contributed by atoms with Gasteiger partial charge in [-0.15, -0.1) is 0 Å². The molecule has 94 valence electrons. The lowest BCUT2D eigenvalue weighted by Crippen LogP contribution is -2.22. The van der Waals surface area contributed by atoms with Crippen LogP contribution in [0.3, 0.4) is 0 Å². The second kappa shape index (κ2) is 6.38. The molecule has 0 amide bonds. The maximum Gasteiger partial charge on any atom is 0.250 e. The van der Waals surface area contributed by atoms with Crippen molar-refractivity contribution in [2.24, 2.45) is 0 Å². The van der Waals surface area contributed by atoms with Crippen molar-refractivity contribution in [2.45, 2.75) is 6.54 Å². The molecule has 0 unspecified atom stereocenters. The standard InChI is InChI=1S/C13H12BrIN2O/c14-11-5-4-10(15)9-12(11)16-6-8-17-7-2-1-3-13(17)18/h1-5,7,9,16H,6,8H2. The molecule has 1 N–H and O–H groups in total. The second-order valence-electron chi connectivity index (χ2n) is 3.78. The van der Waals surface area contributed by atoms with E-state index in [0.717, 1.165) is 10.2 Å². The Hall–Kier alpha value is -0.820. The molecule has 18 heavy (non-hydrogen) atoms. The van der Waals surface area contributed by atoms with E-state index in [1.165, 1.54) is 3.57 Å². The van der Waals surface area contributed by atoms with Crippen molar-refractivity contribution in [1.29, 1.82) is 0 Å². The van der Waals surface area contributed by atoms with Gasteiger partial charge in [0.15, 0.2) is 0 Å². The Morgan fingerprint density at radius 2 is 2.11 bits per heavy atom. The molecule has 2 aromatic rings. The molecule has 0 aliphatic carbocycles. The lowest BCUT2D eigenvalue weighted by atomic mass is 10.3. The molecule has 0 aliphatic heterocycles. The van der Waals surface area contributed by atoms with Crippen LogP contribution >= 0.6 is 38.5 Å². The van der Waals surface area contributed by atoms with Crippen LogP contribution in [0.4, 0.5) is 5.69 Å². The fourth-order valence-electron chi connectivity index (χ4n) is 1.59. The molecule has 0 fully saturated rings. The minimum absolute atomic E-state index is 0.0287. The van der Waals surface area contributed by atoms with Crippen LogP contribution in [0.15, 0.2) is 51.9 Å². The van der Waals surface area contributed by atoms with Crippen molar-refractivity contribution >= 4 is 44.2 Å². The molecule has 0 saturated carbocycles. The third-order valence-electron chi connectivity index (χ3n) is 2.50. The third-order valence-corrected chi connectivity index (χ3v) is 3.86. The van der Waals surface area contributed by atoms with Crippen molar-refractivity contribution < 1.29 is 0 Å². The first kappa shape index (κ1) is 13.6. The van der Waals surface area contributed by atoms with Crippen molar-refractivity contribution in [3.05, 3.63) is 61.0 Å². The summed E-state index contributed by atoms with van der Waals surface area (Å²) < 4.78 is 3.90. The Labute approximate surface area is 127 Å². The predicted molar refractivity (Wildman–Crippen MR) is 86.1 cm³/mol. The molecule has 1 aromatic carbocycles. The van der Waals surface area contributed by atoms with Crippen LogP contribution in [0.2, 0.25) is 0 Å². The summed E-state index contributed by atoms with van der Waals surface area (Å²) in [4.78, 5) is 11.5. The Morgan fingerprint density at radius 1 is 1.28 bits per heavy atom. The summed E-state index contributed by atoms with van der Waals surface area (Å²) in [5, 5.41) is 3.32. The van der Waals surface area contributed by atoms with Gasteiger partial charge < -0.3 is 9.88 Å². The van der Waals surface area contributed by atoms with Gasteiger partial charge >= 0.3 is 0 Å². The van der Waals surface area contributed by atoms with E-state index in [9.17, 15) is 4.79 Å². The zero-order valence-electron chi connectivity index (χ0n) is 9.57. The van der Waals surface area contributed by atoms with Gasteiger partial charge in [0.05, 0.1) is 0 Å². The second-order valence-corrected chi connectivity index (χ2v) is 5.88. The largest absolute Gasteiger partial charge is 0.382 e. The minimum atomic E-state index is 0.0287. The highest BCUT2D eigenvalue weighted by Crippen LogP contribution is 2.24. The fraction of sp³-hybridized carbons (Fsp3) is 0.154. The van der Waals surface area contributed by atoms with E-state index in [1.54, 1.807) is 22.9 Å². The quantitative estimate of drug-likeness (QED) is 0.772. The first-order chi connectivity index (χ1) is 8.66. The summed E-state index contributed by atoms with van der Waals surface area (Å²) in [6.07, 6.45) is 1.80. The summed E-state index contributed by atoms with van der Waals surface area (Å²) in [6.45, 7) is 1.36. The Morgan fingerprint density at radius 3 is 2.89 bits per heavy atom. The Balaban J connectivity index is 1.99. The molecule has 3 nitrogen and oxygen atoms in total. The fourth-order valence-corrected chi connectivity index (χ4v) is 2.47. The van der Waals surface area contributed by atoms with E-state index in [4.69, 9.17) is 0 Å². The van der Waals surface area contributed by atoms with Gasteiger partial charge in [-0.05, 0) is 62.8 Å². The number of anilines is 1. The highest BCUT2D eigenvalue weighted by molar-refractivity contribution is 14.1. The van der Waals surface area contributed by atoms with E-state index in [2.05, 4.69) is 49.9 Å². The molecule has 1 heterocycles. The van der Waals surface area contributed by atoms with E-state index < -0.39 is 0 Å². The molecule has 0 spiro atoms. The van der Waals surface area contributed by atoms with Crippen molar-refractivity contribution in [3.8, 4) is 0 Å². The maximum absolute atomic E-state index is 11.5. The van der Waals surface area contributed by atoms with Crippen molar-refractivity contribution in [2.75, 3.05) is 11.9 Å². The van der Waals surface area contributed by atoms with Crippen LogP contribution in [-0.2, 0) is 6.54 Å². The van der Waals surface area contributed by atoms with Gasteiger partial charge in [-0.3, -0.25) is 4.79 Å². The topological polar surface area (TPSA) is 34.0 Å². The third kappa shape index (κ3) is 3.58. The molecule has 5 heteroatoms. The highest BCUT2D eigenvalue weighted by atomic mass is 127. The van der Waals surface area contributed by atoms with Gasteiger partial charge in [0.1, 0.15) is 0 Å². The van der Waals surface area contributed by atoms with Crippen LogP contribution in [0.1, 0.15) is 0 Å². The van der Waals surface area contributed by atoms with Gasteiger partial charge in [0.2, 0.25) is 0 Å². The smallest absolute Gasteiger partial charge is 0.250 e. The Bertz CT molecular complexity index is 598. The molecular weight excluding hydrogens is 407 g/mol. The molecule has 0 radical (unpaired) electrons. The summed E-state index contributed by atoms with van der Waals surface area (Å²) >= 11 is 5.77. The van der Waals surface area contributed by atoms with Crippen molar-refractivity contribution in [1.82, 2.24) is 4.57 Å². The van der Waals surface area contributed by atoms with Gasteiger partial charge in [0, 0.05) is 39.1 Å². The monoisotopic (exact) mass is 418 g/mol. The number of nitrogens with one attached hydrogen (secondary N) is 1. The summed E-state index contributed by atoms with van der Waals surface area (Å²) in [5.74, 6) is 0. The van der Waals surface area contributed by atoms with Crippen LogP contribution in [0.25, 0.3) is 0 Å². The van der Waals surface area contributed by atoms with Gasteiger partial charge in [0.25, 0.3) is 5.56 Å². The highest BCUT2D eigenvalue weighted by Gasteiger charge is 2.00. The van der Waals surface area contributed by atoms with E-state index in [-0.39, 0.29) is 5.56 Å². The molecule has 1 aromatic heterocycles. The molecule has 0 aliphatic rings. The Kier molecular flexibility index (Phi) is 4.82. The van der Waals surface area contributed by atoms with Crippen LogP contribution < -0.4 is 10.9 Å². The van der Waals surface area contributed by atoms with Gasteiger partial charge in [-0.1, -0.05) is 6.07 Å². The minimum Gasteiger partial charge on any atom is -0.382 e. The first-order valence-electron chi connectivity index (χ1n) is 5.51. The number of hydrogen-bond donors (Lipinski definition) is 1. The van der Waals surface area contributed by atoms with Crippen LogP contribution in [0, 0.1) is 3.57 Å². The molecule has 0 bridgehead atoms. The first-order valence-corrected chi connectivity index (χ1v) is 7.38. The maximum atomic E-state index is 11.5. The zero-order chi connectivity index (χ0) is 13.0.